The molecule has 4 rings (SSSR count). The monoisotopic (exact) mass is 428 g/mol. The minimum Gasteiger partial charge on any atom is -0.388 e. The number of aromatic amines is 1. The number of aromatic nitrogens is 2. The number of nitrogens with zero attached hydrogens (tertiary/aromatic N) is 2. The number of hydrogen-bond donors (Lipinski definition) is 3. The number of rotatable bonds is 5. The first kappa shape index (κ1) is 21.0. The Hall–Kier alpha value is -2.23. The number of aliphatic hydroxyl groups excluding tert-OH is 1. The first-order valence-corrected chi connectivity index (χ1v) is 10.9. The second-order valence-corrected chi connectivity index (χ2v) is 9.83. The Balaban J connectivity index is 1.40. The molecule has 0 unspecified atom stereocenters. The van der Waals surface area contributed by atoms with Gasteiger partial charge in [0, 0.05) is 41.0 Å². The maximum absolute atomic E-state index is 12.5. The van der Waals surface area contributed by atoms with Crippen LogP contribution in [0.3, 0.4) is 0 Å². The van der Waals surface area contributed by atoms with Crippen LogP contribution in [-0.4, -0.2) is 45.9 Å². The van der Waals surface area contributed by atoms with Crippen LogP contribution in [0, 0.1) is 29.1 Å². The third kappa shape index (κ3) is 3.89. The van der Waals surface area contributed by atoms with E-state index in [1.165, 1.54) is 0 Å². The van der Waals surface area contributed by atoms with Crippen molar-refractivity contribution in [1.29, 1.82) is 0 Å². The molecule has 2 fully saturated rings. The second kappa shape index (κ2) is 7.79. The van der Waals surface area contributed by atoms with Crippen molar-refractivity contribution in [1.82, 2.24) is 20.4 Å². The van der Waals surface area contributed by atoms with Gasteiger partial charge in [-0.2, -0.15) is 5.10 Å². The molecule has 1 aliphatic carbocycles. The highest BCUT2D eigenvalue weighted by Gasteiger charge is 2.42. The largest absolute Gasteiger partial charge is 0.388 e. The molecule has 160 valence electrons. The Morgan fingerprint density at radius 1 is 1.47 bits per heavy atom. The summed E-state index contributed by atoms with van der Waals surface area (Å²) in [6, 6.07) is 3.62. The molecule has 1 aliphatic heterocycles. The van der Waals surface area contributed by atoms with Crippen molar-refractivity contribution < 1.29 is 9.90 Å². The van der Waals surface area contributed by atoms with E-state index in [2.05, 4.69) is 35.3 Å². The number of carbonyl (C=O) groups excluding carboxylic acids is 1. The van der Waals surface area contributed by atoms with Gasteiger partial charge in [0.25, 0.3) is 0 Å². The van der Waals surface area contributed by atoms with Gasteiger partial charge >= 0.3 is 6.03 Å². The standard InChI is InChI=1S/C23H29ClN4O2/c1-4-23(7-8-23)14-25-21(30)28-9-5-16(6-10-28)22(2,3)20(29)18-12-17(24)11-15-13-26-27-19(15)18/h1,11-13,16,20,29H,5-10,14H2,2-3H3,(H,25,30)(H,26,27)/t20-/m1/s1. The number of terminal acetylenes is 1. The average molecular weight is 429 g/mol. The summed E-state index contributed by atoms with van der Waals surface area (Å²) in [6.45, 7) is 6.08. The first-order valence-electron chi connectivity index (χ1n) is 10.6. The molecule has 2 aromatic rings. The van der Waals surface area contributed by atoms with Crippen LogP contribution in [-0.2, 0) is 0 Å². The van der Waals surface area contributed by atoms with Crippen molar-refractivity contribution in [2.75, 3.05) is 19.6 Å². The predicted octanol–water partition coefficient (Wildman–Crippen LogP) is 4.11. The second-order valence-electron chi connectivity index (χ2n) is 9.40. The molecule has 1 aromatic carbocycles. The van der Waals surface area contributed by atoms with Crippen LogP contribution in [0.2, 0.25) is 5.02 Å². The van der Waals surface area contributed by atoms with Gasteiger partial charge in [0.2, 0.25) is 0 Å². The van der Waals surface area contributed by atoms with Crippen LogP contribution in [0.15, 0.2) is 18.3 Å². The van der Waals surface area contributed by atoms with Crippen LogP contribution in [0.5, 0.6) is 0 Å². The van der Waals surface area contributed by atoms with E-state index in [1.54, 1.807) is 6.20 Å². The number of urea groups is 1. The highest BCUT2D eigenvalue weighted by atomic mass is 35.5. The van der Waals surface area contributed by atoms with Crippen molar-refractivity contribution in [3.63, 3.8) is 0 Å². The number of benzene rings is 1. The zero-order chi connectivity index (χ0) is 21.5. The lowest BCUT2D eigenvalue weighted by molar-refractivity contribution is -0.0143. The van der Waals surface area contributed by atoms with Crippen molar-refractivity contribution in [3.8, 4) is 12.3 Å². The third-order valence-corrected chi connectivity index (χ3v) is 7.33. The van der Waals surface area contributed by atoms with E-state index >= 15 is 0 Å². The molecule has 30 heavy (non-hydrogen) atoms. The molecule has 2 amide bonds. The Kier molecular flexibility index (Phi) is 5.46. The minimum atomic E-state index is -0.699. The molecule has 1 saturated carbocycles. The molecule has 1 aromatic heterocycles. The topological polar surface area (TPSA) is 81.2 Å². The van der Waals surface area contributed by atoms with Crippen LogP contribution in [0.4, 0.5) is 4.79 Å². The molecule has 0 spiro atoms. The van der Waals surface area contributed by atoms with E-state index < -0.39 is 6.10 Å². The molecule has 3 N–H and O–H groups in total. The lowest BCUT2D eigenvalue weighted by Crippen LogP contribution is -2.48. The summed E-state index contributed by atoms with van der Waals surface area (Å²) in [4.78, 5) is 14.4. The number of nitrogens with one attached hydrogen (secondary N) is 2. The van der Waals surface area contributed by atoms with E-state index in [0.29, 0.717) is 24.7 Å². The Labute approximate surface area is 182 Å². The van der Waals surface area contributed by atoms with Crippen molar-refractivity contribution in [2.24, 2.45) is 16.7 Å². The maximum atomic E-state index is 12.5. The molecule has 1 atom stereocenters. The molecule has 2 aliphatic rings. The normalized spacial score (nSPS) is 20.0. The summed E-state index contributed by atoms with van der Waals surface area (Å²) in [6.07, 6.45) is 10.2. The average Bonchev–Trinajstić information content (AvgIpc) is 3.38. The number of amides is 2. The van der Waals surface area contributed by atoms with Gasteiger partial charge in [-0.05, 0) is 49.1 Å². The summed E-state index contributed by atoms with van der Waals surface area (Å²) >= 11 is 6.28. The van der Waals surface area contributed by atoms with E-state index in [0.717, 1.165) is 42.1 Å². The molecule has 7 heteroatoms. The maximum Gasteiger partial charge on any atom is 0.317 e. The Bertz CT molecular complexity index is 981. The lowest BCUT2D eigenvalue weighted by Gasteiger charge is -2.43. The SMILES string of the molecule is C#CC1(CNC(=O)N2CCC(C(C)(C)[C@H](O)c3cc(Cl)cc4cn[nH]c34)CC2)CC1. The summed E-state index contributed by atoms with van der Waals surface area (Å²) < 4.78 is 0. The third-order valence-electron chi connectivity index (χ3n) is 7.12. The highest BCUT2D eigenvalue weighted by molar-refractivity contribution is 6.31. The number of halogens is 1. The number of fused-ring (bicyclic) bond motifs is 1. The van der Waals surface area contributed by atoms with Gasteiger partial charge in [-0.15, -0.1) is 6.42 Å². The minimum absolute atomic E-state index is 0.0395. The van der Waals surface area contributed by atoms with Crippen molar-refractivity contribution >= 4 is 28.5 Å². The summed E-state index contributed by atoms with van der Waals surface area (Å²) in [5, 5.41) is 22.9. The van der Waals surface area contributed by atoms with E-state index in [1.807, 2.05) is 17.0 Å². The summed E-state index contributed by atoms with van der Waals surface area (Å²) in [7, 11) is 0. The van der Waals surface area contributed by atoms with E-state index in [9.17, 15) is 9.90 Å². The number of likely N-dealkylation sites (tertiary alicyclic amines) is 1. The van der Waals surface area contributed by atoms with Gasteiger partial charge < -0.3 is 15.3 Å². The smallest absolute Gasteiger partial charge is 0.317 e. The van der Waals surface area contributed by atoms with Crippen LogP contribution >= 0.6 is 11.6 Å². The molecular formula is C23H29ClN4O2. The fraction of sp³-hybridized carbons (Fsp3) is 0.565. The van der Waals surface area contributed by atoms with E-state index in [-0.39, 0.29) is 22.8 Å². The summed E-state index contributed by atoms with van der Waals surface area (Å²) in [5.74, 6) is 3.08. The predicted molar refractivity (Wildman–Crippen MR) is 118 cm³/mol. The zero-order valence-electron chi connectivity index (χ0n) is 17.5. The molecular weight excluding hydrogens is 400 g/mol. The molecule has 0 radical (unpaired) electrons. The van der Waals surface area contributed by atoms with Crippen LogP contribution in [0.25, 0.3) is 10.9 Å². The van der Waals surface area contributed by atoms with Crippen LogP contribution in [0.1, 0.15) is 51.2 Å². The van der Waals surface area contributed by atoms with Gasteiger partial charge in [-0.3, -0.25) is 5.10 Å². The zero-order valence-corrected chi connectivity index (χ0v) is 18.3. The molecule has 1 saturated heterocycles. The highest BCUT2D eigenvalue weighted by Crippen LogP contribution is 2.46. The number of H-pyrrole nitrogens is 1. The van der Waals surface area contributed by atoms with Gasteiger partial charge in [0.05, 0.1) is 17.8 Å². The first-order chi connectivity index (χ1) is 14.3. The molecule has 6 nitrogen and oxygen atoms in total. The van der Waals surface area contributed by atoms with Crippen molar-refractivity contribution in [3.05, 3.63) is 28.9 Å². The number of aliphatic hydroxyl groups is 1. The lowest BCUT2D eigenvalue weighted by atomic mass is 9.68. The van der Waals surface area contributed by atoms with E-state index in [4.69, 9.17) is 18.0 Å². The Morgan fingerprint density at radius 2 is 2.17 bits per heavy atom. The quantitative estimate of drug-likeness (QED) is 0.627. The molecule has 2 heterocycles. The van der Waals surface area contributed by atoms with Gasteiger partial charge in [0.1, 0.15) is 0 Å². The number of carbonyl (C=O) groups is 1. The van der Waals surface area contributed by atoms with Crippen LogP contribution < -0.4 is 5.32 Å². The van der Waals surface area contributed by atoms with Gasteiger partial charge in [-0.1, -0.05) is 31.4 Å². The van der Waals surface area contributed by atoms with Gasteiger partial charge in [0.15, 0.2) is 0 Å². The number of piperidine rings is 1. The summed E-state index contributed by atoms with van der Waals surface area (Å²) in [5.41, 5.74) is 1.09. The van der Waals surface area contributed by atoms with Gasteiger partial charge in [-0.25, -0.2) is 4.79 Å². The Morgan fingerprint density at radius 3 is 2.80 bits per heavy atom. The fourth-order valence-electron chi connectivity index (χ4n) is 4.59. The van der Waals surface area contributed by atoms with Crippen molar-refractivity contribution in [2.45, 2.75) is 45.6 Å². The number of hydrogen-bond acceptors (Lipinski definition) is 3. The fourth-order valence-corrected chi connectivity index (χ4v) is 4.83. The molecule has 0 bridgehead atoms.